The van der Waals surface area contributed by atoms with Gasteiger partial charge < -0.3 is 19.5 Å². The predicted octanol–water partition coefficient (Wildman–Crippen LogP) is 4.20. The Labute approximate surface area is 231 Å². The zero-order chi connectivity index (χ0) is 29.3. The van der Waals surface area contributed by atoms with Gasteiger partial charge in [0.05, 0.1) is 36.1 Å². The minimum Gasteiger partial charge on any atom is -0.491 e. The first-order chi connectivity index (χ1) is 19.6. The molecule has 1 aliphatic rings. The van der Waals surface area contributed by atoms with Crippen molar-refractivity contribution >= 4 is 22.3 Å². The maximum Gasteiger partial charge on any atom is 0.423 e. The molecule has 14 heteroatoms. The molecule has 1 fully saturated rings. The molecule has 2 N–H and O–H groups in total. The molecule has 5 rings (SSSR count). The highest BCUT2D eigenvalue weighted by molar-refractivity contribution is 5.86. The summed E-state index contributed by atoms with van der Waals surface area (Å²) in [5.74, 6) is 0.628. The first-order valence-electron chi connectivity index (χ1n) is 13.0. The normalized spacial score (nSPS) is 14.1. The maximum absolute atomic E-state index is 15.2. The van der Waals surface area contributed by atoms with E-state index in [1.54, 1.807) is 24.3 Å². The van der Waals surface area contributed by atoms with Crippen molar-refractivity contribution in [3.05, 3.63) is 68.9 Å². The molecule has 1 saturated heterocycles. The molecule has 0 saturated carbocycles. The Hall–Kier alpha value is -4.49. The van der Waals surface area contributed by atoms with Crippen molar-refractivity contribution in [2.75, 3.05) is 30.4 Å². The molecule has 1 atom stereocenters. The van der Waals surface area contributed by atoms with Crippen molar-refractivity contribution in [2.24, 2.45) is 0 Å². The van der Waals surface area contributed by atoms with Gasteiger partial charge in [0.15, 0.2) is 17.4 Å². The molecule has 0 aliphatic carbocycles. The SMILES string of the molecule is COc1cnc(-c2cc3ccn(CCCC(C)Nc4cn[nH]c(=O)c4C(F)(F)F)c(=O)c3cc2F)nc1N1CCC1. The number of anilines is 2. The molecule has 0 spiro atoms. The first-order valence-corrected chi connectivity index (χ1v) is 13.0. The standard InChI is InChI=1S/C27H27F4N7O3/c1-15(34-20-13-33-36-25(39)22(20)27(29,30)31)5-3-7-38-10-6-16-11-18(19(28)12-17(16)26(38)40)23-32-14-21(41-2)24(35-23)37-8-4-9-37/h6,10-15H,3-5,7-9H2,1-2H3,(H2,34,36,39). The molecule has 0 radical (unpaired) electrons. The number of ether oxygens (including phenoxy) is 1. The molecule has 3 aromatic heterocycles. The summed E-state index contributed by atoms with van der Waals surface area (Å²) in [6.45, 7) is 3.55. The summed E-state index contributed by atoms with van der Waals surface area (Å²) in [6, 6.07) is 3.95. The number of fused-ring (bicyclic) bond motifs is 1. The van der Waals surface area contributed by atoms with Crippen LogP contribution in [0.2, 0.25) is 0 Å². The van der Waals surface area contributed by atoms with Crippen LogP contribution in [0.1, 0.15) is 31.7 Å². The van der Waals surface area contributed by atoms with Gasteiger partial charge in [0, 0.05) is 31.9 Å². The van der Waals surface area contributed by atoms with Crippen molar-refractivity contribution in [3.63, 3.8) is 0 Å². The van der Waals surface area contributed by atoms with E-state index < -0.39 is 40.4 Å². The summed E-state index contributed by atoms with van der Waals surface area (Å²) in [7, 11) is 1.52. The Morgan fingerprint density at radius 2 is 1.98 bits per heavy atom. The van der Waals surface area contributed by atoms with Crippen LogP contribution in [0.5, 0.6) is 5.75 Å². The summed E-state index contributed by atoms with van der Waals surface area (Å²) >= 11 is 0. The number of aryl methyl sites for hydroxylation is 1. The number of H-pyrrole nitrogens is 1. The number of hydrogen-bond acceptors (Lipinski definition) is 8. The van der Waals surface area contributed by atoms with E-state index in [9.17, 15) is 22.8 Å². The van der Waals surface area contributed by atoms with Crippen LogP contribution in [0.25, 0.3) is 22.2 Å². The summed E-state index contributed by atoms with van der Waals surface area (Å²) in [5.41, 5.74) is -3.33. The number of nitrogens with zero attached hydrogens (tertiary/aromatic N) is 5. The molecule has 1 unspecified atom stereocenters. The Balaban J connectivity index is 1.31. The van der Waals surface area contributed by atoms with Crippen LogP contribution in [0.3, 0.4) is 0 Å². The maximum atomic E-state index is 15.2. The number of aromatic amines is 1. The molecular weight excluding hydrogens is 546 g/mol. The highest BCUT2D eigenvalue weighted by Crippen LogP contribution is 2.33. The van der Waals surface area contributed by atoms with Gasteiger partial charge >= 0.3 is 6.18 Å². The molecule has 216 valence electrons. The second-order valence-corrected chi connectivity index (χ2v) is 9.83. The van der Waals surface area contributed by atoms with E-state index in [4.69, 9.17) is 4.74 Å². The van der Waals surface area contributed by atoms with Crippen molar-refractivity contribution in [2.45, 2.75) is 44.9 Å². The van der Waals surface area contributed by atoms with E-state index in [1.807, 2.05) is 4.90 Å². The molecule has 4 heterocycles. The van der Waals surface area contributed by atoms with Crippen LogP contribution in [0.15, 0.2) is 46.4 Å². The van der Waals surface area contributed by atoms with Gasteiger partial charge in [-0.1, -0.05) is 0 Å². The van der Waals surface area contributed by atoms with E-state index in [0.29, 0.717) is 29.8 Å². The zero-order valence-corrected chi connectivity index (χ0v) is 22.3. The molecular formula is C27H27F4N7O3. The Morgan fingerprint density at radius 3 is 2.66 bits per heavy atom. The van der Waals surface area contributed by atoms with Gasteiger partial charge in [-0.05, 0) is 49.8 Å². The fraction of sp³-hybridized carbons (Fsp3) is 0.370. The number of methoxy groups -OCH3 is 1. The lowest BCUT2D eigenvalue weighted by Crippen LogP contribution is -2.38. The zero-order valence-electron chi connectivity index (χ0n) is 22.3. The summed E-state index contributed by atoms with van der Waals surface area (Å²) in [5, 5.41) is 8.62. The van der Waals surface area contributed by atoms with Gasteiger partial charge in [-0.2, -0.15) is 18.3 Å². The first kappa shape index (κ1) is 28.1. The van der Waals surface area contributed by atoms with Crippen LogP contribution in [-0.4, -0.2) is 51.0 Å². The van der Waals surface area contributed by atoms with Crippen molar-refractivity contribution < 1.29 is 22.3 Å². The molecule has 1 aromatic carbocycles. The fourth-order valence-corrected chi connectivity index (χ4v) is 4.74. The van der Waals surface area contributed by atoms with E-state index in [-0.39, 0.29) is 23.3 Å². The number of aromatic nitrogens is 5. The molecule has 0 amide bonds. The summed E-state index contributed by atoms with van der Waals surface area (Å²) in [4.78, 5) is 35.6. The van der Waals surface area contributed by atoms with Crippen molar-refractivity contribution in [1.82, 2.24) is 24.7 Å². The number of halogens is 4. The molecule has 1 aliphatic heterocycles. The Bertz CT molecular complexity index is 1700. The number of rotatable bonds is 9. The fourth-order valence-electron chi connectivity index (χ4n) is 4.74. The Morgan fingerprint density at radius 1 is 1.20 bits per heavy atom. The predicted molar refractivity (Wildman–Crippen MR) is 145 cm³/mol. The highest BCUT2D eigenvalue weighted by Gasteiger charge is 2.37. The largest absolute Gasteiger partial charge is 0.491 e. The van der Waals surface area contributed by atoms with Crippen LogP contribution in [0, 0.1) is 5.82 Å². The lowest BCUT2D eigenvalue weighted by Gasteiger charge is -2.32. The highest BCUT2D eigenvalue weighted by atomic mass is 19.4. The van der Waals surface area contributed by atoms with E-state index in [0.717, 1.165) is 25.7 Å². The van der Waals surface area contributed by atoms with Crippen molar-refractivity contribution in [3.8, 4) is 17.1 Å². The van der Waals surface area contributed by atoms with Gasteiger partial charge in [-0.3, -0.25) is 9.59 Å². The smallest absolute Gasteiger partial charge is 0.423 e. The van der Waals surface area contributed by atoms with Gasteiger partial charge in [0.25, 0.3) is 11.1 Å². The third-order valence-corrected chi connectivity index (χ3v) is 6.99. The van der Waals surface area contributed by atoms with Crippen LogP contribution >= 0.6 is 0 Å². The number of nitrogens with one attached hydrogen (secondary N) is 2. The monoisotopic (exact) mass is 573 g/mol. The van der Waals surface area contributed by atoms with E-state index >= 15 is 4.39 Å². The third kappa shape index (κ3) is 5.72. The molecule has 0 bridgehead atoms. The van der Waals surface area contributed by atoms with Crippen LogP contribution < -0.4 is 26.1 Å². The second-order valence-electron chi connectivity index (χ2n) is 9.83. The molecule has 10 nitrogen and oxygen atoms in total. The summed E-state index contributed by atoms with van der Waals surface area (Å²) < 4.78 is 61.9. The third-order valence-electron chi connectivity index (χ3n) is 6.99. The van der Waals surface area contributed by atoms with Crippen LogP contribution in [0.4, 0.5) is 29.1 Å². The van der Waals surface area contributed by atoms with E-state index in [2.05, 4.69) is 20.4 Å². The quantitative estimate of drug-likeness (QED) is 0.286. The van der Waals surface area contributed by atoms with Gasteiger partial charge in [-0.15, -0.1) is 0 Å². The van der Waals surface area contributed by atoms with Crippen molar-refractivity contribution in [1.29, 1.82) is 0 Å². The van der Waals surface area contributed by atoms with Crippen LogP contribution in [-0.2, 0) is 12.7 Å². The van der Waals surface area contributed by atoms with Gasteiger partial charge in [-0.25, -0.2) is 19.5 Å². The minimum absolute atomic E-state index is 0.159. The molecule has 4 aromatic rings. The lowest BCUT2D eigenvalue weighted by molar-refractivity contribution is -0.138. The lowest BCUT2D eigenvalue weighted by atomic mass is 10.1. The second kappa shape index (κ2) is 11.2. The van der Waals surface area contributed by atoms with Gasteiger partial charge in [0.1, 0.15) is 11.4 Å². The summed E-state index contributed by atoms with van der Waals surface area (Å²) in [6.07, 6.45) is 1.01. The average Bonchev–Trinajstić information content (AvgIpc) is 2.88. The number of benzene rings is 1. The number of pyridine rings is 1. The van der Waals surface area contributed by atoms with Gasteiger partial charge in [0.2, 0.25) is 0 Å². The number of hydrogen-bond donors (Lipinski definition) is 2. The average molecular weight is 574 g/mol. The van der Waals surface area contributed by atoms with E-state index in [1.165, 1.54) is 30.0 Å². The minimum atomic E-state index is -4.84. The Kier molecular flexibility index (Phi) is 7.65. The molecule has 41 heavy (non-hydrogen) atoms. The topological polar surface area (TPSA) is 118 Å². The number of alkyl halides is 3.